The van der Waals surface area contributed by atoms with Gasteiger partial charge in [-0.2, -0.15) is 0 Å². The first kappa shape index (κ1) is 38.8. The molecule has 0 spiro atoms. The Labute approximate surface area is 395 Å². The lowest BCUT2D eigenvalue weighted by molar-refractivity contribution is 0.411. The first-order valence-corrected chi connectivity index (χ1v) is 23.6. The molecule has 2 nitrogen and oxygen atoms in total. The zero-order valence-corrected chi connectivity index (χ0v) is 37.8. The van der Waals surface area contributed by atoms with Gasteiger partial charge in [-0.3, -0.25) is 0 Å². The first-order valence-electron chi connectivity index (χ1n) is 23.6. The normalized spacial score (nSPS) is 17.0. The molecule has 10 aromatic rings. The third-order valence-corrected chi connectivity index (χ3v) is 15.2. The fraction of sp³-hybridized carbons (Fsp3) is 0.0606. The highest BCUT2D eigenvalue weighted by Crippen LogP contribution is 2.52. The molecule has 4 aliphatic carbocycles. The number of ether oxygens (including phenoxy) is 2. The van der Waals surface area contributed by atoms with E-state index in [-0.39, 0.29) is 0 Å². The van der Waals surface area contributed by atoms with Crippen LogP contribution >= 0.6 is 0 Å². The van der Waals surface area contributed by atoms with E-state index < -0.39 is 0 Å². The molecular weight excluding hydrogens is 825 g/mol. The topological polar surface area (TPSA) is 18.5 Å². The van der Waals surface area contributed by atoms with Gasteiger partial charge in [-0.15, -0.1) is 0 Å². The second-order valence-electron chi connectivity index (χ2n) is 18.6. The molecule has 320 valence electrons. The predicted octanol–water partition coefficient (Wildman–Crippen LogP) is 17.1. The zero-order valence-electron chi connectivity index (χ0n) is 37.8. The van der Waals surface area contributed by atoms with Gasteiger partial charge in [0.1, 0.15) is 11.5 Å². The van der Waals surface area contributed by atoms with Crippen molar-refractivity contribution >= 4 is 59.4 Å². The van der Waals surface area contributed by atoms with Crippen molar-refractivity contribution in [2.45, 2.75) is 0 Å². The minimum atomic E-state index is 0.361. The maximum Gasteiger partial charge on any atom is 0.127 e. The number of hydrogen-bond donors (Lipinski definition) is 0. The summed E-state index contributed by atoms with van der Waals surface area (Å²) in [5.41, 5.74) is 17.4. The maximum atomic E-state index is 6.14. The molecule has 0 bridgehead atoms. The summed E-state index contributed by atoms with van der Waals surface area (Å²) in [7, 11) is 3.51. The van der Waals surface area contributed by atoms with Crippen LogP contribution in [0.3, 0.4) is 0 Å². The number of rotatable bonds is 7. The second kappa shape index (κ2) is 15.0. The van der Waals surface area contributed by atoms with Crippen LogP contribution in [0.15, 0.2) is 241 Å². The molecule has 14 rings (SSSR count). The van der Waals surface area contributed by atoms with Crippen molar-refractivity contribution in [2.75, 3.05) is 14.2 Å². The summed E-state index contributed by atoms with van der Waals surface area (Å²) >= 11 is 0. The van der Waals surface area contributed by atoms with Gasteiger partial charge in [-0.25, -0.2) is 0 Å². The van der Waals surface area contributed by atoms with Crippen LogP contribution in [0.5, 0.6) is 11.5 Å². The lowest BCUT2D eigenvalue weighted by atomic mass is 9.63. The zero-order chi connectivity index (χ0) is 45.0. The number of hydrogen-bond acceptors (Lipinski definition) is 2. The lowest BCUT2D eigenvalue weighted by Gasteiger charge is -2.40. The quantitative estimate of drug-likeness (QED) is 0.149. The molecule has 0 fully saturated rings. The Bertz CT molecular complexity index is 4000. The van der Waals surface area contributed by atoms with E-state index in [2.05, 4.69) is 218 Å². The van der Waals surface area contributed by atoms with Crippen LogP contribution in [0.2, 0.25) is 0 Å². The third-order valence-electron chi connectivity index (χ3n) is 15.2. The predicted molar refractivity (Wildman–Crippen MR) is 286 cm³/mol. The summed E-state index contributed by atoms with van der Waals surface area (Å²) in [5, 5.41) is 12.3. The Hall–Kier alpha value is -8.46. The van der Waals surface area contributed by atoms with Crippen LogP contribution in [-0.4, -0.2) is 14.2 Å². The molecule has 10 aromatic carbocycles. The van der Waals surface area contributed by atoms with E-state index >= 15 is 0 Å². The molecule has 0 saturated heterocycles. The monoisotopic (exact) mass is 868 g/mol. The van der Waals surface area contributed by atoms with Crippen molar-refractivity contribution in [2.24, 2.45) is 11.8 Å². The summed E-state index contributed by atoms with van der Waals surface area (Å²) in [6.45, 7) is 0. The van der Waals surface area contributed by atoms with E-state index in [9.17, 15) is 0 Å². The number of benzene rings is 10. The highest BCUT2D eigenvalue weighted by molar-refractivity contribution is 6.25. The highest BCUT2D eigenvalue weighted by atomic mass is 16.5. The summed E-state index contributed by atoms with van der Waals surface area (Å²) in [6, 6.07) is 60.5. The Morgan fingerprint density at radius 1 is 0.353 bits per heavy atom. The Kier molecular flexibility index (Phi) is 8.57. The molecule has 0 aromatic heterocycles. The Morgan fingerprint density at radius 3 is 1.50 bits per heavy atom. The molecule has 0 saturated carbocycles. The molecule has 4 aliphatic rings. The SMILES string of the molecule is COc1ccc2cc(-c3ccc(C4=C5C=CC6=CC=CC7=CC=C(C=C4)C5C67)cc3)ccc2c1-c1c(OC)ccc2cc(-c3ccc(-c4ccc5ccc6cccc7ccc4c5c67)cc3)ccc12. The van der Waals surface area contributed by atoms with E-state index in [0.29, 0.717) is 11.8 Å². The minimum absolute atomic E-state index is 0.361. The Balaban J connectivity index is 0.799. The van der Waals surface area contributed by atoms with E-state index in [0.717, 1.165) is 49.7 Å². The van der Waals surface area contributed by atoms with E-state index in [1.54, 1.807) is 14.2 Å². The van der Waals surface area contributed by atoms with E-state index in [1.165, 1.54) is 93.6 Å². The van der Waals surface area contributed by atoms with Crippen LogP contribution in [0.1, 0.15) is 5.56 Å². The standard InChI is InChI=1S/C66H44O2/c1-67-59-35-27-51-37-49(39-9-13-41(14-10-39)53-29-21-47-19-17-43-5-3-7-45-23-33-57(53)63(47)61(43)45)25-31-55(51)65(59)66-56-32-26-50(38-52(56)28-36-60(66)68-2)40-11-15-42(16-12-40)54-30-22-48-20-18-44-6-4-8-46-24-34-58(54)64(48)62(44)46/h3-38,61,63H,1-2H3. The summed E-state index contributed by atoms with van der Waals surface area (Å²) in [6.07, 6.45) is 20.6. The molecule has 0 aliphatic heterocycles. The molecule has 2 unspecified atom stereocenters. The van der Waals surface area contributed by atoms with Crippen molar-refractivity contribution in [3.63, 3.8) is 0 Å². The molecule has 0 heterocycles. The molecule has 0 radical (unpaired) electrons. The van der Waals surface area contributed by atoms with Gasteiger partial charge in [0.2, 0.25) is 0 Å². The van der Waals surface area contributed by atoms with Gasteiger partial charge in [0.25, 0.3) is 0 Å². The fourth-order valence-electron chi connectivity index (χ4n) is 12.0. The third kappa shape index (κ3) is 5.84. The van der Waals surface area contributed by atoms with Crippen molar-refractivity contribution < 1.29 is 9.47 Å². The number of methoxy groups -OCH3 is 2. The number of fused-ring (bicyclic) bond motifs is 2. The van der Waals surface area contributed by atoms with Gasteiger partial charge in [0.15, 0.2) is 0 Å². The van der Waals surface area contributed by atoms with Gasteiger partial charge < -0.3 is 9.47 Å². The first-order chi connectivity index (χ1) is 33.6. The fourth-order valence-corrected chi connectivity index (χ4v) is 12.0. The van der Waals surface area contributed by atoms with Crippen LogP contribution in [-0.2, 0) is 0 Å². The smallest absolute Gasteiger partial charge is 0.127 e. The number of allylic oxidation sites excluding steroid dienone is 14. The van der Waals surface area contributed by atoms with Crippen molar-refractivity contribution in [3.05, 3.63) is 246 Å². The lowest BCUT2D eigenvalue weighted by Crippen LogP contribution is -2.29. The van der Waals surface area contributed by atoms with Gasteiger partial charge in [0.05, 0.1) is 14.2 Å². The van der Waals surface area contributed by atoms with E-state index in [1.807, 2.05) is 0 Å². The van der Waals surface area contributed by atoms with Gasteiger partial charge in [-0.05, 0) is 145 Å². The summed E-state index contributed by atoms with van der Waals surface area (Å²) < 4.78 is 12.3. The molecule has 0 amide bonds. The summed E-state index contributed by atoms with van der Waals surface area (Å²) in [5.74, 6) is 2.38. The van der Waals surface area contributed by atoms with Crippen LogP contribution in [0.4, 0.5) is 0 Å². The van der Waals surface area contributed by atoms with Gasteiger partial charge in [-0.1, -0.05) is 194 Å². The highest BCUT2D eigenvalue weighted by Gasteiger charge is 2.38. The van der Waals surface area contributed by atoms with Gasteiger partial charge >= 0.3 is 0 Å². The van der Waals surface area contributed by atoms with Gasteiger partial charge in [0, 0.05) is 23.0 Å². The van der Waals surface area contributed by atoms with Crippen molar-refractivity contribution in [1.82, 2.24) is 0 Å². The molecule has 68 heavy (non-hydrogen) atoms. The van der Waals surface area contributed by atoms with Crippen LogP contribution < -0.4 is 9.47 Å². The molecule has 0 N–H and O–H groups in total. The minimum Gasteiger partial charge on any atom is -0.496 e. The van der Waals surface area contributed by atoms with Crippen LogP contribution in [0.25, 0.3) is 104 Å². The van der Waals surface area contributed by atoms with Crippen molar-refractivity contribution in [3.8, 4) is 56.0 Å². The maximum absolute atomic E-state index is 6.14. The second-order valence-corrected chi connectivity index (χ2v) is 18.6. The van der Waals surface area contributed by atoms with Crippen molar-refractivity contribution in [1.29, 1.82) is 0 Å². The molecule has 2 atom stereocenters. The van der Waals surface area contributed by atoms with Crippen LogP contribution in [0, 0.1) is 11.8 Å². The summed E-state index contributed by atoms with van der Waals surface area (Å²) in [4.78, 5) is 0. The molecule has 2 heteroatoms. The van der Waals surface area contributed by atoms with E-state index in [4.69, 9.17) is 9.47 Å². The largest absolute Gasteiger partial charge is 0.496 e. The Morgan fingerprint density at radius 2 is 0.853 bits per heavy atom. The average molecular weight is 869 g/mol. The average Bonchev–Trinajstić information content (AvgIpc) is 3.40. The molecular formula is C66H44O2.